The van der Waals surface area contributed by atoms with E-state index in [1.165, 1.54) is 0 Å². The molecule has 0 aliphatic carbocycles. The molecule has 1 aromatic carbocycles. The van der Waals surface area contributed by atoms with Crippen molar-refractivity contribution in [2.24, 2.45) is 11.7 Å². The normalized spacial score (nSPS) is 15.5. The highest BCUT2D eigenvalue weighted by Gasteiger charge is 2.24. The molecule has 3 heterocycles. The molecule has 8 heteroatoms. The SMILES string of the molecule is Cc1ccc2nc(-c3nc(N4CCC(C(N)=O)CC4)cnc3N)[nH]c2c1.[HH].[HH].[HH].[HH]. The summed E-state index contributed by atoms with van der Waals surface area (Å²) >= 11 is 0. The number of nitrogens with one attached hydrogen (secondary N) is 1. The van der Waals surface area contributed by atoms with E-state index in [2.05, 4.69) is 24.8 Å². The number of rotatable bonds is 3. The highest BCUT2D eigenvalue weighted by atomic mass is 16.1. The van der Waals surface area contributed by atoms with Gasteiger partial charge in [-0.1, -0.05) is 6.07 Å². The van der Waals surface area contributed by atoms with Crippen molar-refractivity contribution in [3.63, 3.8) is 0 Å². The number of nitrogens with two attached hydrogens (primary N) is 2. The number of hydrogen-bond donors (Lipinski definition) is 3. The standard InChI is InChI=1S/C18H21N7O.4H2/c1-10-2-3-12-13(8-10)23-18(22-12)15-16(19)21-9-14(24-15)25-6-4-11(5-7-25)17(20)26;;;;/h2-3,8-9,11H,4-7H2,1H3,(H2,19,21)(H2,20,26)(H,22,23);4*1H. The second kappa shape index (κ2) is 6.29. The summed E-state index contributed by atoms with van der Waals surface area (Å²) < 4.78 is 0. The third kappa shape index (κ3) is 2.94. The van der Waals surface area contributed by atoms with Gasteiger partial charge in [0.15, 0.2) is 17.3 Å². The van der Waals surface area contributed by atoms with Crippen LogP contribution in [0.4, 0.5) is 11.6 Å². The number of hydrogen-bond acceptors (Lipinski definition) is 6. The number of fused-ring (bicyclic) bond motifs is 1. The molecular weight excluding hydrogens is 330 g/mol. The maximum absolute atomic E-state index is 11.3. The topological polar surface area (TPSA) is 127 Å². The summed E-state index contributed by atoms with van der Waals surface area (Å²) in [7, 11) is 0. The Morgan fingerprint density at radius 3 is 2.81 bits per heavy atom. The zero-order valence-electron chi connectivity index (χ0n) is 14.6. The predicted molar refractivity (Wildman–Crippen MR) is 109 cm³/mol. The molecule has 1 aliphatic heterocycles. The molecule has 1 fully saturated rings. The Bertz CT molecular complexity index is 990. The molecule has 4 rings (SSSR count). The third-order valence-corrected chi connectivity index (χ3v) is 4.87. The van der Waals surface area contributed by atoms with E-state index >= 15 is 0 Å². The smallest absolute Gasteiger partial charge is 0.220 e. The number of primary amides is 1. The second-order valence-corrected chi connectivity index (χ2v) is 6.73. The van der Waals surface area contributed by atoms with E-state index in [9.17, 15) is 4.79 Å². The summed E-state index contributed by atoms with van der Waals surface area (Å²) in [6, 6.07) is 6.02. The number of anilines is 2. The van der Waals surface area contributed by atoms with Crippen molar-refractivity contribution in [2.45, 2.75) is 19.8 Å². The minimum Gasteiger partial charge on any atom is -0.382 e. The molecule has 0 bridgehead atoms. The Morgan fingerprint density at radius 1 is 1.31 bits per heavy atom. The molecule has 1 amide bonds. The maximum Gasteiger partial charge on any atom is 0.220 e. The van der Waals surface area contributed by atoms with Crippen LogP contribution in [0, 0.1) is 12.8 Å². The molecular formula is C18H29N7O. The summed E-state index contributed by atoms with van der Waals surface area (Å²) in [5.41, 5.74) is 14.9. The van der Waals surface area contributed by atoms with Crippen LogP contribution in [0.3, 0.4) is 0 Å². The third-order valence-electron chi connectivity index (χ3n) is 4.87. The zero-order chi connectivity index (χ0) is 18.3. The van der Waals surface area contributed by atoms with Gasteiger partial charge in [-0.3, -0.25) is 4.79 Å². The number of imidazole rings is 1. The quantitative estimate of drug-likeness (QED) is 0.659. The van der Waals surface area contributed by atoms with E-state index in [4.69, 9.17) is 11.5 Å². The lowest BCUT2D eigenvalue weighted by Gasteiger charge is -2.31. The largest absolute Gasteiger partial charge is 0.382 e. The summed E-state index contributed by atoms with van der Waals surface area (Å²) in [6.45, 7) is 3.46. The van der Waals surface area contributed by atoms with Gasteiger partial charge in [0.05, 0.1) is 17.2 Å². The first-order valence-electron chi connectivity index (χ1n) is 8.65. The van der Waals surface area contributed by atoms with Crippen molar-refractivity contribution in [1.29, 1.82) is 0 Å². The van der Waals surface area contributed by atoms with Gasteiger partial charge >= 0.3 is 0 Å². The first-order valence-corrected chi connectivity index (χ1v) is 8.65. The molecule has 2 aromatic heterocycles. The van der Waals surface area contributed by atoms with Crippen LogP contribution in [-0.2, 0) is 4.79 Å². The van der Waals surface area contributed by atoms with Gasteiger partial charge < -0.3 is 21.4 Å². The van der Waals surface area contributed by atoms with E-state index in [0.717, 1.165) is 35.3 Å². The average molecular weight is 359 g/mol. The Kier molecular flexibility index (Phi) is 3.95. The van der Waals surface area contributed by atoms with E-state index in [-0.39, 0.29) is 17.5 Å². The Labute approximate surface area is 156 Å². The van der Waals surface area contributed by atoms with E-state index in [0.29, 0.717) is 30.4 Å². The number of piperidine rings is 1. The highest BCUT2D eigenvalue weighted by molar-refractivity contribution is 5.81. The van der Waals surface area contributed by atoms with Gasteiger partial charge in [0.2, 0.25) is 5.91 Å². The summed E-state index contributed by atoms with van der Waals surface area (Å²) in [4.78, 5) is 30.3. The van der Waals surface area contributed by atoms with Crippen LogP contribution in [-0.4, -0.2) is 38.9 Å². The van der Waals surface area contributed by atoms with Crippen molar-refractivity contribution in [3.8, 4) is 11.5 Å². The van der Waals surface area contributed by atoms with Crippen molar-refractivity contribution in [2.75, 3.05) is 23.7 Å². The summed E-state index contributed by atoms with van der Waals surface area (Å²) in [5, 5.41) is 0. The van der Waals surface area contributed by atoms with Crippen molar-refractivity contribution in [3.05, 3.63) is 30.0 Å². The van der Waals surface area contributed by atoms with Gasteiger partial charge in [-0.25, -0.2) is 15.0 Å². The van der Waals surface area contributed by atoms with Crippen molar-refractivity contribution >= 4 is 28.6 Å². The minimum atomic E-state index is -0.230. The van der Waals surface area contributed by atoms with Crippen LogP contribution in [0.15, 0.2) is 24.4 Å². The lowest BCUT2D eigenvalue weighted by Crippen LogP contribution is -2.39. The molecule has 1 aliphatic rings. The van der Waals surface area contributed by atoms with Crippen LogP contribution < -0.4 is 16.4 Å². The van der Waals surface area contributed by atoms with Crippen LogP contribution in [0.5, 0.6) is 0 Å². The number of aryl methyl sites for hydroxylation is 1. The van der Waals surface area contributed by atoms with Gasteiger partial charge in [0.25, 0.3) is 0 Å². The van der Waals surface area contributed by atoms with Crippen LogP contribution >= 0.6 is 0 Å². The fourth-order valence-corrected chi connectivity index (χ4v) is 3.34. The minimum absolute atomic E-state index is 0. The van der Waals surface area contributed by atoms with Crippen LogP contribution in [0.25, 0.3) is 22.6 Å². The molecule has 5 N–H and O–H groups in total. The number of carbonyl (C=O) groups is 1. The van der Waals surface area contributed by atoms with Crippen molar-refractivity contribution < 1.29 is 10.5 Å². The Morgan fingerprint density at radius 2 is 2.08 bits per heavy atom. The van der Waals surface area contributed by atoms with Crippen LogP contribution in [0.1, 0.15) is 24.1 Å². The summed E-state index contributed by atoms with van der Waals surface area (Å²) in [6.07, 6.45) is 3.11. The first kappa shape index (κ1) is 16.3. The fourth-order valence-electron chi connectivity index (χ4n) is 3.34. The molecule has 0 radical (unpaired) electrons. The number of aromatic nitrogens is 4. The second-order valence-electron chi connectivity index (χ2n) is 6.73. The zero-order valence-corrected chi connectivity index (χ0v) is 14.6. The molecule has 1 saturated heterocycles. The number of nitrogens with zero attached hydrogens (tertiary/aromatic N) is 4. The maximum atomic E-state index is 11.3. The monoisotopic (exact) mass is 359 g/mol. The molecule has 0 spiro atoms. The lowest BCUT2D eigenvalue weighted by molar-refractivity contribution is -0.122. The van der Waals surface area contributed by atoms with Crippen LogP contribution in [0.2, 0.25) is 0 Å². The Hall–Kier alpha value is -3.16. The highest BCUT2D eigenvalue weighted by Crippen LogP contribution is 2.27. The fraction of sp³-hybridized carbons (Fsp3) is 0.333. The number of aromatic amines is 1. The molecule has 26 heavy (non-hydrogen) atoms. The average Bonchev–Trinajstić information content (AvgIpc) is 3.05. The lowest BCUT2D eigenvalue weighted by atomic mass is 9.96. The van der Waals surface area contributed by atoms with E-state index in [1.807, 2.05) is 25.1 Å². The molecule has 0 saturated carbocycles. The number of carbonyl (C=O) groups excluding carboxylic acids is 1. The van der Waals surface area contributed by atoms with Gasteiger partial charge in [0.1, 0.15) is 5.82 Å². The van der Waals surface area contributed by atoms with Gasteiger partial charge in [-0.05, 0) is 37.5 Å². The molecule has 8 nitrogen and oxygen atoms in total. The molecule has 0 unspecified atom stereocenters. The van der Waals surface area contributed by atoms with E-state index in [1.54, 1.807) is 6.20 Å². The van der Waals surface area contributed by atoms with Gasteiger partial charge in [0, 0.05) is 24.7 Å². The first-order chi connectivity index (χ1) is 12.5. The number of amides is 1. The molecule has 3 aromatic rings. The van der Waals surface area contributed by atoms with Gasteiger partial charge in [-0.2, -0.15) is 0 Å². The number of nitrogen functional groups attached to an aromatic ring is 1. The van der Waals surface area contributed by atoms with E-state index < -0.39 is 0 Å². The Balaban J connectivity index is 0.00000210. The number of H-pyrrole nitrogens is 1. The summed E-state index contributed by atoms with van der Waals surface area (Å²) in [5.74, 6) is 1.37. The predicted octanol–water partition coefficient (Wildman–Crippen LogP) is 2.60. The molecule has 0 atom stereocenters. The number of benzene rings is 1. The van der Waals surface area contributed by atoms with Gasteiger partial charge in [-0.15, -0.1) is 0 Å². The van der Waals surface area contributed by atoms with Crippen molar-refractivity contribution in [1.82, 2.24) is 19.9 Å². The molecule has 142 valence electrons.